The summed E-state index contributed by atoms with van der Waals surface area (Å²) in [6.07, 6.45) is 2.94. The number of nitrogens with one attached hydrogen (secondary N) is 2. The molecule has 0 aliphatic carbocycles. The summed E-state index contributed by atoms with van der Waals surface area (Å²) in [5.74, 6) is 2.04. The zero-order valence-electron chi connectivity index (χ0n) is 20.8. The fourth-order valence-corrected chi connectivity index (χ4v) is 4.41. The Kier molecular flexibility index (Phi) is 6.74. The largest absolute Gasteiger partial charge is 0.491 e. The van der Waals surface area contributed by atoms with Gasteiger partial charge in [0, 0.05) is 49.5 Å². The number of amidine groups is 1. The van der Waals surface area contributed by atoms with Gasteiger partial charge >= 0.3 is 0 Å². The maximum absolute atomic E-state index is 13.3. The van der Waals surface area contributed by atoms with Crippen LogP contribution in [-0.2, 0) is 6.54 Å². The van der Waals surface area contributed by atoms with Crippen molar-refractivity contribution in [1.29, 1.82) is 5.41 Å². The third kappa shape index (κ3) is 4.99. The minimum atomic E-state index is 0.0338. The van der Waals surface area contributed by atoms with E-state index >= 15 is 0 Å². The number of benzene rings is 1. The first-order valence-electron chi connectivity index (χ1n) is 11.9. The van der Waals surface area contributed by atoms with Crippen LogP contribution in [0.2, 0.25) is 0 Å². The lowest BCUT2D eigenvalue weighted by Gasteiger charge is -2.42. The quantitative estimate of drug-likeness (QED) is 0.534. The molecule has 1 amide bonds. The standard InChI is InChI=1S/C25H35N7O2/c1-17(2)28-22(27-16-26)20-15-31-12-13-34-21-7-6-18(14-19(21)23(31)29-20)24(33)30-8-10-32(11-9-30)25(3,4)5/h6-7,14-17H,8-13H2,1-5H3,(H2,26,27,28). The number of carbonyl (C=O) groups is 1. The Morgan fingerprint density at radius 2 is 1.94 bits per heavy atom. The Hall–Kier alpha value is -3.20. The number of ether oxygens (including phenoxy) is 1. The van der Waals surface area contributed by atoms with E-state index in [-0.39, 0.29) is 17.5 Å². The predicted molar refractivity (Wildman–Crippen MR) is 134 cm³/mol. The number of fused-ring (bicyclic) bond motifs is 3. The molecule has 182 valence electrons. The molecule has 34 heavy (non-hydrogen) atoms. The second kappa shape index (κ2) is 9.58. The topological polar surface area (TPSA) is 98.8 Å². The summed E-state index contributed by atoms with van der Waals surface area (Å²) in [4.78, 5) is 26.7. The van der Waals surface area contributed by atoms with Crippen LogP contribution in [0.25, 0.3) is 11.4 Å². The third-order valence-corrected chi connectivity index (χ3v) is 6.21. The molecule has 3 heterocycles. The molecule has 0 spiro atoms. The Morgan fingerprint density at radius 3 is 2.59 bits per heavy atom. The Morgan fingerprint density at radius 1 is 1.21 bits per heavy atom. The Bertz CT molecular complexity index is 1090. The van der Waals surface area contributed by atoms with E-state index in [1.54, 1.807) is 0 Å². The number of aromatic nitrogens is 2. The molecule has 0 saturated carbocycles. The number of amides is 1. The number of piperazine rings is 1. The van der Waals surface area contributed by atoms with Gasteiger partial charge in [0.05, 0.1) is 12.1 Å². The van der Waals surface area contributed by atoms with Crippen molar-refractivity contribution in [1.82, 2.24) is 24.7 Å². The van der Waals surface area contributed by atoms with Crippen LogP contribution in [0.1, 0.15) is 50.7 Å². The van der Waals surface area contributed by atoms with Crippen LogP contribution in [-0.4, -0.2) is 81.8 Å². The minimum Gasteiger partial charge on any atom is -0.491 e. The van der Waals surface area contributed by atoms with E-state index in [1.165, 1.54) is 0 Å². The maximum Gasteiger partial charge on any atom is 0.253 e. The van der Waals surface area contributed by atoms with E-state index in [1.807, 2.05) is 47.7 Å². The van der Waals surface area contributed by atoms with Crippen molar-refractivity contribution < 1.29 is 9.53 Å². The number of carbonyl (C=O) groups excluding carboxylic acids is 1. The zero-order valence-corrected chi connectivity index (χ0v) is 20.8. The van der Waals surface area contributed by atoms with Gasteiger partial charge in [-0.15, -0.1) is 0 Å². The summed E-state index contributed by atoms with van der Waals surface area (Å²) in [5, 5.41) is 10.7. The van der Waals surface area contributed by atoms with Gasteiger partial charge in [-0.2, -0.15) is 0 Å². The normalized spacial score (nSPS) is 17.0. The monoisotopic (exact) mass is 465 g/mol. The summed E-state index contributed by atoms with van der Waals surface area (Å²) in [6, 6.07) is 5.76. The van der Waals surface area contributed by atoms with Gasteiger partial charge in [0.1, 0.15) is 30.2 Å². The molecule has 9 heteroatoms. The molecular formula is C25H35N7O2. The van der Waals surface area contributed by atoms with Crippen LogP contribution in [0.4, 0.5) is 0 Å². The summed E-state index contributed by atoms with van der Waals surface area (Å²) in [5.41, 5.74) is 2.20. The molecule has 2 N–H and O–H groups in total. The average molecular weight is 466 g/mol. The molecule has 2 aliphatic rings. The van der Waals surface area contributed by atoms with Crippen molar-refractivity contribution >= 4 is 18.1 Å². The summed E-state index contributed by atoms with van der Waals surface area (Å²) in [6.45, 7) is 15.0. The molecule has 0 atom stereocenters. The lowest BCUT2D eigenvalue weighted by molar-refractivity contribution is 0.0451. The van der Waals surface area contributed by atoms with Crippen molar-refractivity contribution in [3.8, 4) is 17.1 Å². The number of imidazole rings is 1. The Balaban J connectivity index is 1.62. The minimum absolute atomic E-state index is 0.0338. The number of aliphatic imine (C=N–C) groups is 1. The van der Waals surface area contributed by atoms with Crippen molar-refractivity contribution in [2.75, 3.05) is 32.8 Å². The van der Waals surface area contributed by atoms with E-state index in [2.05, 4.69) is 36.0 Å². The molecule has 9 nitrogen and oxygen atoms in total. The first-order valence-corrected chi connectivity index (χ1v) is 11.9. The highest BCUT2D eigenvalue weighted by molar-refractivity contribution is 6.01. The van der Waals surface area contributed by atoms with Gasteiger partial charge in [0.15, 0.2) is 5.84 Å². The van der Waals surface area contributed by atoms with Crippen LogP contribution >= 0.6 is 0 Å². The van der Waals surface area contributed by atoms with Crippen LogP contribution in [0.15, 0.2) is 29.4 Å². The van der Waals surface area contributed by atoms with Gasteiger partial charge in [0.25, 0.3) is 5.91 Å². The SMILES string of the molecule is CC(C)N/C(=N\C=N)c1cn2c(n1)-c1cc(C(=O)N3CCN(C(C)(C)C)CC3)ccc1OCC2. The van der Waals surface area contributed by atoms with Gasteiger partial charge in [0.2, 0.25) is 0 Å². The fraction of sp³-hybridized carbons (Fsp3) is 0.520. The van der Waals surface area contributed by atoms with Gasteiger partial charge in [-0.1, -0.05) is 0 Å². The van der Waals surface area contributed by atoms with E-state index in [9.17, 15) is 4.79 Å². The molecule has 2 aliphatic heterocycles. The smallest absolute Gasteiger partial charge is 0.253 e. The summed E-state index contributed by atoms with van der Waals surface area (Å²) in [7, 11) is 0. The lowest BCUT2D eigenvalue weighted by Crippen LogP contribution is -2.54. The number of rotatable bonds is 4. The molecule has 0 radical (unpaired) electrons. The fourth-order valence-electron chi connectivity index (χ4n) is 4.41. The molecule has 1 aromatic carbocycles. The number of nitrogens with zero attached hydrogens (tertiary/aromatic N) is 5. The van der Waals surface area contributed by atoms with Crippen LogP contribution < -0.4 is 10.1 Å². The third-order valence-electron chi connectivity index (χ3n) is 6.21. The molecular weight excluding hydrogens is 430 g/mol. The van der Waals surface area contributed by atoms with Crippen LogP contribution in [0, 0.1) is 5.41 Å². The highest BCUT2D eigenvalue weighted by atomic mass is 16.5. The van der Waals surface area contributed by atoms with Crippen LogP contribution in [0.5, 0.6) is 5.75 Å². The zero-order chi connectivity index (χ0) is 24.5. The van der Waals surface area contributed by atoms with E-state index in [0.717, 1.165) is 30.8 Å². The van der Waals surface area contributed by atoms with Crippen LogP contribution in [0.3, 0.4) is 0 Å². The molecule has 1 fully saturated rings. The van der Waals surface area contributed by atoms with Gasteiger partial charge in [-0.3, -0.25) is 15.1 Å². The summed E-state index contributed by atoms with van der Waals surface area (Å²) < 4.78 is 7.99. The van der Waals surface area contributed by atoms with Crippen molar-refractivity contribution in [3.05, 3.63) is 35.7 Å². The van der Waals surface area contributed by atoms with E-state index < -0.39 is 0 Å². The first-order chi connectivity index (χ1) is 16.2. The van der Waals surface area contributed by atoms with E-state index in [0.29, 0.717) is 49.1 Å². The van der Waals surface area contributed by atoms with E-state index in [4.69, 9.17) is 15.1 Å². The predicted octanol–water partition coefficient (Wildman–Crippen LogP) is 2.85. The number of hydrogen-bond acceptors (Lipinski definition) is 5. The highest BCUT2D eigenvalue weighted by Gasteiger charge is 2.29. The summed E-state index contributed by atoms with van der Waals surface area (Å²) >= 11 is 0. The first kappa shape index (κ1) is 23.9. The molecule has 4 rings (SSSR count). The average Bonchev–Trinajstić information content (AvgIpc) is 3.14. The van der Waals surface area contributed by atoms with Gasteiger partial charge in [-0.25, -0.2) is 9.98 Å². The highest BCUT2D eigenvalue weighted by Crippen LogP contribution is 2.33. The molecule has 1 aromatic heterocycles. The Labute approximate surface area is 201 Å². The van der Waals surface area contributed by atoms with Crippen molar-refractivity contribution in [2.24, 2.45) is 4.99 Å². The molecule has 0 bridgehead atoms. The lowest BCUT2D eigenvalue weighted by atomic mass is 10.0. The van der Waals surface area contributed by atoms with Crippen molar-refractivity contribution in [3.63, 3.8) is 0 Å². The molecule has 1 saturated heterocycles. The van der Waals surface area contributed by atoms with Gasteiger partial charge in [-0.05, 0) is 52.8 Å². The molecule has 2 aromatic rings. The van der Waals surface area contributed by atoms with Gasteiger partial charge < -0.3 is 19.5 Å². The van der Waals surface area contributed by atoms with Crippen molar-refractivity contribution in [2.45, 2.75) is 52.7 Å². The molecule has 0 unspecified atom stereocenters. The number of hydrogen-bond donors (Lipinski definition) is 2. The second-order valence-electron chi connectivity index (χ2n) is 10.1. The maximum atomic E-state index is 13.3. The second-order valence-corrected chi connectivity index (χ2v) is 10.1.